The number of pyridine rings is 1. The van der Waals surface area contributed by atoms with E-state index in [4.69, 9.17) is 0 Å². The van der Waals surface area contributed by atoms with Crippen LogP contribution in [0.4, 0.5) is 4.39 Å². The number of halogens is 1. The van der Waals surface area contributed by atoms with E-state index in [2.05, 4.69) is 19.9 Å². The first-order valence-electron chi connectivity index (χ1n) is 9.04. The van der Waals surface area contributed by atoms with Crippen molar-refractivity contribution in [3.63, 3.8) is 0 Å². The van der Waals surface area contributed by atoms with Gasteiger partial charge < -0.3 is 4.98 Å². The van der Waals surface area contributed by atoms with Gasteiger partial charge >= 0.3 is 0 Å². The summed E-state index contributed by atoms with van der Waals surface area (Å²) in [7, 11) is 0. The third-order valence-corrected chi connectivity index (χ3v) is 5.13. The lowest BCUT2D eigenvalue weighted by Crippen LogP contribution is -2.26. The van der Waals surface area contributed by atoms with Crippen LogP contribution in [0.5, 0.6) is 0 Å². The van der Waals surface area contributed by atoms with Crippen molar-refractivity contribution in [1.29, 1.82) is 0 Å². The Kier molecular flexibility index (Phi) is 3.75. The lowest BCUT2D eigenvalue weighted by molar-refractivity contribution is 0.238. The number of nitrogens with one attached hydrogen (secondary N) is 1. The van der Waals surface area contributed by atoms with Crippen molar-refractivity contribution < 1.29 is 4.39 Å². The van der Waals surface area contributed by atoms with Gasteiger partial charge in [-0.15, -0.1) is 0 Å². The summed E-state index contributed by atoms with van der Waals surface area (Å²) < 4.78 is 15.0. The van der Waals surface area contributed by atoms with E-state index in [-0.39, 0.29) is 17.4 Å². The molecule has 1 aromatic carbocycles. The number of likely N-dealkylation sites (tertiary alicyclic amines) is 1. The van der Waals surface area contributed by atoms with Gasteiger partial charge in [-0.1, -0.05) is 6.07 Å². The third-order valence-electron chi connectivity index (χ3n) is 5.13. The molecule has 1 aliphatic rings. The number of nitrogens with zero attached hydrogens (tertiary/aromatic N) is 4. The summed E-state index contributed by atoms with van der Waals surface area (Å²) in [5.41, 5.74) is 2.79. The van der Waals surface area contributed by atoms with Gasteiger partial charge in [0.25, 0.3) is 5.56 Å². The number of rotatable bonds is 3. The highest BCUT2D eigenvalue weighted by Crippen LogP contribution is 2.32. The quantitative estimate of drug-likeness (QED) is 0.608. The fraction of sp³-hybridized carbons (Fsp3) is 0.250. The maximum absolute atomic E-state index is 13.5. The number of hydrogen-bond acceptors (Lipinski definition) is 4. The predicted molar refractivity (Wildman–Crippen MR) is 99.9 cm³/mol. The van der Waals surface area contributed by atoms with E-state index in [1.807, 2.05) is 18.2 Å². The molecule has 7 heteroatoms. The van der Waals surface area contributed by atoms with Crippen LogP contribution in [0.1, 0.15) is 30.4 Å². The molecule has 4 aromatic rings. The number of fused-ring (bicyclic) bond motifs is 2. The normalized spacial score (nSPS) is 17.9. The molecule has 1 N–H and O–H groups in total. The molecule has 0 amide bonds. The average molecular weight is 363 g/mol. The van der Waals surface area contributed by atoms with Crippen LogP contribution in [0.25, 0.3) is 16.7 Å². The lowest BCUT2D eigenvalue weighted by atomic mass is 10.2. The van der Waals surface area contributed by atoms with E-state index in [9.17, 15) is 9.18 Å². The van der Waals surface area contributed by atoms with Crippen LogP contribution in [0.2, 0.25) is 0 Å². The van der Waals surface area contributed by atoms with Gasteiger partial charge in [-0.3, -0.25) is 14.1 Å². The summed E-state index contributed by atoms with van der Waals surface area (Å²) in [6.45, 7) is 1.49. The molecule has 0 unspecified atom stereocenters. The zero-order chi connectivity index (χ0) is 18.4. The Labute approximate surface area is 154 Å². The Morgan fingerprint density at radius 1 is 1.19 bits per heavy atom. The zero-order valence-corrected chi connectivity index (χ0v) is 14.6. The Hall–Kier alpha value is -3.06. The van der Waals surface area contributed by atoms with Crippen LogP contribution in [0, 0.1) is 5.82 Å². The summed E-state index contributed by atoms with van der Waals surface area (Å²) in [6.07, 6.45) is 3.73. The maximum Gasteiger partial charge on any atom is 0.258 e. The average Bonchev–Trinajstić information content (AvgIpc) is 3.27. The van der Waals surface area contributed by atoms with E-state index in [0.29, 0.717) is 17.7 Å². The van der Waals surface area contributed by atoms with Gasteiger partial charge in [-0.05, 0) is 49.7 Å². The maximum atomic E-state index is 13.5. The van der Waals surface area contributed by atoms with Crippen LogP contribution >= 0.6 is 0 Å². The molecule has 0 radical (unpaired) electrons. The topological polar surface area (TPSA) is 66.3 Å². The molecule has 6 nitrogen and oxygen atoms in total. The molecule has 136 valence electrons. The Bertz CT molecular complexity index is 1200. The van der Waals surface area contributed by atoms with Gasteiger partial charge in [0.05, 0.1) is 22.8 Å². The molecule has 1 atom stereocenters. The summed E-state index contributed by atoms with van der Waals surface area (Å²) in [5.74, 6) is 0.562. The van der Waals surface area contributed by atoms with Crippen molar-refractivity contribution in [2.24, 2.45) is 0 Å². The minimum absolute atomic E-state index is 0.0782. The highest BCUT2D eigenvalue weighted by Gasteiger charge is 2.29. The molecular weight excluding hydrogens is 345 g/mol. The van der Waals surface area contributed by atoms with E-state index < -0.39 is 0 Å². The van der Waals surface area contributed by atoms with Crippen molar-refractivity contribution >= 4 is 16.7 Å². The largest absolute Gasteiger partial charge is 0.341 e. The highest BCUT2D eigenvalue weighted by atomic mass is 19.1. The van der Waals surface area contributed by atoms with Crippen molar-refractivity contribution in [3.05, 3.63) is 76.4 Å². The lowest BCUT2D eigenvalue weighted by Gasteiger charge is -2.22. The number of benzene rings is 1. The van der Waals surface area contributed by atoms with Crippen LogP contribution < -0.4 is 5.56 Å². The van der Waals surface area contributed by atoms with Crippen LogP contribution in [-0.2, 0) is 6.54 Å². The van der Waals surface area contributed by atoms with Gasteiger partial charge in [0.1, 0.15) is 17.3 Å². The first-order valence-corrected chi connectivity index (χ1v) is 9.04. The Morgan fingerprint density at radius 2 is 2.11 bits per heavy atom. The summed E-state index contributed by atoms with van der Waals surface area (Å²) in [4.78, 5) is 27.1. The molecular formula is C20H18FN5O. The molecule has 0 spiro atoms. The number of aromatic amines is 1. The van der Waals surface area contributed by atoms with Crippen molar-refractivity contribution in [2.45, 2.75) is 25.4 Å². The predicted octanol–water partition coefficient (Wildman–Crippen LogP) is 3.05. The molecule has 0 bridgehead atoms. The van der Waals surface area contributed by atoms with Crippen molar-refractivity contribution in [1.82, 2.24) is 24.3 Å². The van der Waals surface area contributed by atoms with E-state index in [1.54, 1.807) is 22.7 Å². The van der Waals surface area contributed by atoms with Crippen molar-refractivity contribution in [2.75, 3.05) is 6.54 Å². The molecule has 1 aliphatic heterocycles. The van der Waals surface area contributed by atoms with Crippen LogP contribution in [0.15, 0.2) is 53.5 Å². The fourth-order valence-electron chi connectivity index (χ4n) is 3.88. The Balaban J connectivity index is 1.46. The molecule has 1 saturated heterocycles. The van der Waals surface area contributed by atoms with Crippen molar-refractivity contribution in [3.8, 4) is 0 Å². The SMILES string of the molecule is O=c1cc(CN2CCC[C@@H]2c2nc3ccc(F)cc3[nH]2)nc2ccccn12. The summed E-state index contributed by atoms with van der Waals surface area (Å²) in [6, 6.07) is 11.8. The molecule has 0 aliphatic carbocycles. The van der Waals surface area contributed by atoms with E-state index in [0.717, 1.165) is 36.4 Å². The van der Waals surface area contributed by atoms with Gasteiger partial charge in [0.15, 0.2) is 0 Å². The van der Waals surface area contributed by atoms with Gasteiger partial charge in [0.2, 0.25) is 0 Å². The monoisotopic (exact) mass is 363 g/mol. The molecule has 3 aromatic heterocycles. The fourth-order valence-corrected chi connectivity index (χ4v) is 3.88. The molecule has 5 rings (SSSR count). The standard InChI is InChI=1S/C20H18FN5O/c21-13-6-7-15-16(10-13)24-20(23-15)17-4-3-8-25(17)12-14-11-19(27)26-9-2-1-5-18(26)22-14/h1-2,5-7,9-11,17H,3-4,8,12H2,(H,23,24)/t17-/m1/s1. The first-order chi connectivity index (χ1) is 13.2. The number of imidazole rings is 1. The molecule has 1 fully saturated rings. The second kappa shape index (κ2) is 6.28. The second-order valence-corrected chi connectivity index (χ2v) is 6.93. The van der Waals surface area contributed by atoms with Gasteiger partial charge in [0, 0.05) is 18.8 Å². The summed E-state index contributed by atoms with van der Waals surface area (Å²) in [5, 5.41) is 0. The second-order valence-electron chi connectivity index (χ2n) is 6.93. The number of aromatic nitrogens is 4. The third kappa shape index (κ3) is 2.90. The molecule has 27 heavy (non-hydrogen) atoms. The molecule has 0 saturated carbocycles. The Morgan fingerprint density at radius 3 is 3.04 bits per heavy atom. The first kappa shape index (κ1) is 16.1. The van der Waals surface area contributed by atoms with E-state index in [1.165, 1.54) is 12.1 Å². The summed E-state index contributed by atoms with van der Waals surface area (Å²) >= 11 is 0. The van der Waals surface area contributed by atoms with Gasteiger partial charge in [-0.2, -0.15) is 0 Å². The zero-order valence-electron chi connectivity index (χ0n) is 14.6. The number of H-pyrrole nitrogens is 1. The van der Waals surface area contributed by atoms with Gasteiger partial charge in [-0.25, -0.2) is 14.4 Å². The highest BCUT2D eigenvalue weighted by molar-refractivity contribution is 5.75. The van der Waals surface area contributed by atoms with Crippen LogP contribution in [0.3, 0.4) is 0 Å². The smallest absolute Gasteiger partial charge is 0.258 e. The van der Waals surface area contributed by atoms with Crippen LogP contribution in [-0.4, -0.2) is 30.8 Å². The van der Waals surface area contributed by atoms with E-state index >= 15 is 0 Å². The minimum Gasteiger partial charge on any atom is -0.341 e. The number of hydrogen-bond donors (Lipinski definition) is 1. The molecule has 4 heterocycles. The minimum atomic E-state index is -0.276.